The largest absolute Gasteiger partial charge is 0.368 e. The zero-order chi connectivity index (χ0) is 13.8. The zero-order valence-electron chi connectivity index (χ0n) is 11.1. The number of hydrogen-bond donors (Lipinski definition) is 2. The van der Waals surface area contributed by atoms with Gasteiger partial charge in [0.05, 0.1) is 4.90 Å². The van der Waals surface area contributed by atoms with Crippen LogP contribution in [0.3, 0.4) is 0 Å². The number of aromatic nitrogens is 1. The normalized spacial score (nSPS) is 12.4. The quantitative estimate of drug-likeness (QED) is 0.817. The first-order valence-electron chi connectivity index (χ1n) is 5.99. The van der Waals surface area contributed by atoms with Crippen LogP contribution in [0.15, 0.2) is 23.2 Å². The number of pyridine rings is 1. The molecule has 0 amide bonds. The lowest BCUT2D eigenvalue weighted by atomic mass is 9.94. The second-order valence-corrected chi connectivity index (χ2v) is 6.59. The van der Waals surface area contributed by atoms with Gasteiger partial charge in [0.1, 0.15) is 5.82 Å². The fourth-order valence-corrected chi connectivity index (χ4v) is 2.03. The maximum atomic E-state index is 11.3. The lowest BCUT2D eigenvalue weighted by Gasteiger charge is -2.27. The molecule has 0 atom stereocenters. The van der Waals surface area contributed by atoms with E-state index in [4.69, 9.17) is 5.73 Å². The molecule has 6 heteroatoms. The molecule has 0 aliphatic heterocycles. The second kappa shape index (κ2) is 5.67. The summed E-state index contributed by atoms with van der Waals surface area (Å²) in [4.78, 5) is 4.29. The number of nitrogens with one attached hydrogen (secondary N) is 1. The first-order chi connectivity index (χ1) is 8.30. The Morgan fingerprint density at radius 3 is 2.33 bits per heavy atom. The van der Waals surface area contributed by atoms with E-state index >= 15 is 0 Å². The van der Waals surface area contributed by atoms with Gasteiger partial charge in [-0.05, 0) is 25.0 Å². The summed E-state index contributed by atoms with van der Waals surface area (Å²) in [5.74, 6) is 0.638. The van der Waals surface area contributed by atoms with Gasteiger partial charge in [0, 0.05) is 24.5 Å². The van der Waals surface area contributed by atoms with Crippen LogP contribution >= 0.6 is 0 Å². The van der Waals surface area contributed by atoms with Gasteiger partial charge in [0.25, 0.3) is 0 Å². The fourth-order valence-electron chi connectivity index (χ4n) is 1.47. The molecular weight excluding hydrogens is 250 g/mol. The van der Waals surface area contributed by atoms with Crippen LogP contribution in [-0.4, -0.2) is 31.7 Å². The van der Waals surface area contributed by atoms with E-state index in [1.165, 1.54) is 6.20 Å². The van der Waals surface area contributed by atoms with E-state index in [1.807, 2.05) is 13.8 Å². The van der Waals surface area contributed by atoms with E-state index in [-0.39, 0.29) is 10.4 Å². The van der Waals surface area contributed by atoms with Crippen molar-refractivity contribution in [1.82, 2.24) is 4.98 Å². The highest BCUT2D eigenvalue weighted by Crippen LogP contribution is 2.14. The third-order valence-electron chi connectivity index (χ3n) is 3.19. The topological polar surface area (TPSA) is 85.1 Å². The molecule has 0 saturated heterocycles. The van der Waals surface area contributed by atoms with Crippen LogP contribution in [0.25, 0.3) is 0 Å². The lowest BCUT2D eigenvalue weighted by molar-refractivity contribution is 0.418. The average Bonchev–Trinajstić information content (AvgIpc) is 2.35. The number of anilines is 1. The van der Waals surface area contributed by atoms with Crippen molar-refractivity contribution in [3.05, 3.63) is 18.3 Å². The highest BCUT2D eigenvalue weighted by molar-refractivity contribution is 7.90. The Hall–Kier alpha value is -1.14. The first kappa shape index (κ1) is 14.9. The Morgan fingerprint density at radius 2 is 1.94 bits per heavy atom. The molecule has 0 aliphatic rings. The molecule has 0 aliphatic carbocycles. The van der Waals surface area contributed by atoms with Crippen molar-refractivity contribution in [3.8, 4) is 0 Å². The smallest absolute Gasteiger partial charge is 0.177 e. The SMILES string of the molecule is CCC(N)(CC)CNc1ccc(S(C)(=O)=O)cn1. The van der Waals surface area contributed by atoms with Crippen molar-refractivity contribution in [3.63, 3.8) is 0 Å². The van der Waals surface area contributed by atoms with Gasteiger partial charge in [-0.15, -0.1) is 0 Å². The summed E-state index contributed by atoms with van der Waals surface area (Å²) in [6, 6.07) is 3.20. The van der Waals surface area contributed by atoms with Crippen molar-refractivity contribution in [1.29, 1.82) is 0 Å². The summed E-state index contributed by atoms with van der Waals surface area (Å²) in [7, 11) is -3.19. The van der Waals surface area contributed by atoms with E-state index in [1.54, 1.807) is 12.1 Å². The molecule has 0 radical (unpaired) electrons. The fraction of sp³-hybridized carbons (Fsp3) is 0.583. The molecule has 5 nitrogen and oxygen atoms in total. The molecule has 0 bridgehead atoms. The Bertz CT molecular complexity index is 479. The molecular formula is C12H21N3O2S. The molecule has 0 saturated carbocycles. The Kier molecular flexibility index (Phi) is 4.70. The van der Waals surface area contributed by atoms with Gasteiger partial charge in [-0.25, -0.2) is 13.4 Å². The van der Waals surface area contributed by atoms with Crippen LogP contribution in [0.4, 0.5) is 5.82 Å². The first-order valence-corrected chi connectivity index (χ1v) is 7.89. The summed E-state index contributed by atoms with van der Waals surface area (Å²) in [5.41, 5.74) is 5.90. The molecule has 102 valence electrons. The maximum absolute atomic E-state index is 11.3. The van der Waals surface area contributed by atoms with Gasteiger partial charge >= 0.3 is 0 Å². The summed E-state index contributed by atoms with van der Waals surface area (Å²) in [5, 5.41) is 3.13. The van der Waals surface area contributed by atoms with Gasteiger partial charge in [-0.1, -0.05) is 13.8 Å². The third kappa shape index (κ3) is 3.96. The monoisotopic (exact) mass is 271 g/mol. The van der Waals surface area contributed by atoms with Crippen molar-refractivity contribution < 1.29 is 8.42 Å². The van der Waals surface area contributed by atoms with Crippen molar-refractivity contribution in [2.24, 2.45) is 5.73 Å². The maximum Gasteiger partial charge on any atom is 0.177 e. The minimum Gasteiger partial charge on any atom is -0.368 e. The molecule has 18 heavy (non-hydrogen) atoms. The van der Waals surface area contributed by atoms with Crippen LogP contribution in [0.5, 0.6) is 0 Å². The lowest BCUT2D eigenvalue weighted by Crippen LogP contribution is -2.45. The van der Waals surface area contributed by atoms with Crippen molar-refractivity contribution >= 4 is 15.7 Å². The molecule has 0 fully saturated rings. The molecule has 1 aromatic heterocycles. The van der Waals surface area contributed by atoms with Gasteiger partial charge in [0.15, 0.2) is 9.84 Å². The van der Waals surface area contributed by atoms with Crippen molar-refractivity contribution in [2.75, 3.05) is 18.1 Å². The Morgan fingerprint density at radius 1 is 1.33 bits per heavy atom. The number of nitrogens with zero attached hydrogens (tertiary/aromatic N) is 1. The Labute approximate surface area is 109 Å². The van der Waals surface area contributed by atoms with E-state index < -0.39 is 9.84 Å². The highest BCUT2D eigenvalue weighted by Gasteiger charge is 2.19. The number of hydrogen-bond acceptors (Lipinski definition) is 5. The van der Waals surface area contributed by atoms with Crippen molar-refractivity contribution in [2.45, 2.75) is 37.1 Å². The second-order valence-electron chi connectivity index (χ2n) is 4.57. The summed E-state index contributed by atoms with van der Waals surface area (Å²) in [6.45, 7) is 4.71. The van der Waals surface area contributed by atoms with E-state index in [9.17, 15) is 8.42 Å². The summed E-state index contributed by atoms with van der Waals surface area (Å²) < 4.78 is 22.5. The summed E-state index contributed by atoms with van der Waals surface area (Å²) in [6.07, 6.45) is 4.26. The van der Waals surface area contributed by atoms with Gasteiger partial charge in [0.2, 0.25) is 0 Å². The molecule has 1 heterocycles. The van der Waals surface area contributed by atoms with E-state index in [0.717, 1.165) is 19.1 Å². The highest BCUT2D eigenvalue weighted by atomic mass is 32.2. The predicted octanol–water partition coefficient (Wildman–Crippen LogP) is 1.41. The molecule has 1 rings (SSSR count). The molecule has 0 unspecified atom stereocenters. The van der Waals surface area contributed by atoms with Crippen LogP contribution < -0.4 is 11.1 Å². The molecule has 0 spiro atoms. The van der Waals surface area contributed by atoms with Crippen LogP contribution in [-0.2, 0) is 9.84 Å². The minimum atomic E-state index is -3.19. The van der Waals surface area contributed by atoms with Crippen LogP contribution in [0.2, 0.25) is 0 Å². The number of sulfone groups is 1. The van der Waals surface area contributed by atoms with E-state index in [2.05, 4.69) is 10.3 Å². The minimum absolute atomic E-state index is 0.220. The summed E-state index contributed by atoms with van der Waals surface area (Å²) >= 11 is 0. The number of nitrogens with two attached hydrogens (primary N) is 1. The molecule has 1 aromatic rings. The third-order valence-corrected chi connectivity index (χ3v) is 4.29. The predicted molar refractivity (Wildman–Crippen MR) is 73.3 cm³/mol. The molecule has 0 aromatic carbocycles. The van der Waals surface area contributed by atoms with Crippen LogP contribution in [0, 0.1) is 0 Å². The standard InChI is InChI=1S/C12H21N3O2S/c1-4-12(13,5-2)9-15-11-7-6-10(8-14-11)18(3,16)17/h6-8H,4-5,9,13H2,1-3H3,(H,14,15). The van der Waals surface area contributed by atoms with Gasteiger partial charge in [-0.2, -0.15) is 0 Å². The van der Waals surface area contributed by atoms with Crippen LogP contribution in [0.1, 0.15) is 26.7 Å². The average molecular weight is 271 g/mol. The van der Waals surface area contributed by atoms with Gasteiger partial charge < -0.3 is 11.1 Å². The Balaban J connectivity index is 2.71. The molecule has 3 N–H and O–H groups in total. The number of rotatable bonds is 6. The van der Waals surface area contributed by atoms with E-state index in [0.29, 0.717) is 12.4 Å². The zero-order valence-corrected chi connectivity index (χ0v) is 11.9. The van der Waals surface area contributed by atoms with Gasteiger partial charge in [-0.3, -0.25) is 0 Å².